The molecular weight excluding hydrogens is 228 g/mol. The Bertz CT molecular complexity index is 350. The molecular formula is C19H34. The first kappa shape index (κ1) is 15.1. The van der Waals surface area contributed by atoms with Crippen molar-refractivity contribution in [1.29, 1.82) is 0 Å². The van der Waals surface area contributed by atoms with Crippen LogP contribution in [0.15, 0.2) is 11.1 Å². The number of hydrogen-bond donors (Lipinski definition) is 0. The number of rotatable bonds is 6. The van der Waals surface area contributed by atoms with E-state index in [1.165, 1.54) is 44.9 Å². The minimum absolute atomic E-state index is 0.442. The summed E-state index contributed by atoms with van der Waals surface area (Å²) in [5, 5.41) is 0. The molecule has 0 amide bonds. The summed E-state index contributed by atoms with van der Waals surface area (Å²) in [5.74, 6) is 1.95. The molecule has 0 N–H and O–H groups in total. The van der Waals surface area contributed by atoms with Gasteiger partial charge in [0.25, 0.3) is 0 Å². The van der Waals surface area contributed by atoms with Crippen LogP contribution in [-0.4, -0.2) is 0 Å². The average molecular weight is 262 g/mol. The highest BCUT2D eigenvalue weighted by molar-refractivity contribution is 5.28. The maximum absolute atomic E-state index is 2.51. The molecule has 2 aliphatic carbocycles. The monoisotopic (exact) mass is 262 g/mol. The second kappa shape index (κ2) is 5.26. The second-order valence-corrected chi connectivity index (χ2v) is 8.50. The molecule has 0 heteroatoms. The average Bonchev–Trinajstić information content (AvgIpc) is 3.06. The van der Waals surface area contributed by atoms with Crippen molar-refractivity contribution < 1.29 is 0 Å². The molecule has 2 unspecified atom stereocenters. The molecule has 2 atom stereocenters. The molecule has 2 saturated carbocycles. The molecule has 0 aromatic carbocycles. The van der Waals surface area contributed by atoms with E-state index in [0.29, 0.717) is 10.8 Å². The molecule has 19 heavy (non-hydrogen) atoms. The first-order valence-corrected chi connectivity index (χ1v) is 8.47. The number of hydrogen-bond acceptors (Lipinski definition) is 0. The lowest BCUT2D eigenvalue weighted by Crippen LogP contribution is -2.40. The fourth-order valence-corrected chi connectivity index (χ4v) is 4.40. The Hall–Kier alpha value is -0.260. The van der Waals surface area contributed by atoms with Gasteiger partial charge in [-0.1, -0.05) is 52.2 Å². The molecule has 2 aliphatic rings. The van der Waals surface area contributed by atoms with Crippen LogP contribution in [0.1, 0.15) is 86.5 Å². The quantitative estimate of drug-likeness (QED) is 0.488. The molecule has 0 spiro atoms. The van der Waals surface area contributed by atoms with Gasteiger partial charge in [0.15, 0.2) is 0 Å². The predicted molar refractivity (Wildman–Crippen MR) is 85.2 cm³/mol. The predicted octanol–water partition coefficient (Wildman–Crippen LogP) is 6.37. The molecule has 0 nitrogen and oxygen atoms in total. The van der Waals surface area contributed by atoms with E-state index >= 15 is 0 Å². The fraction of sp³-hybridized carbons (Fsp3) is 0.895. The van der Waals surface area contributed by atoms with Gasteiger partial charge in [-0.05, 0) is 68.1 Å². The van der Waals surface area contributed by atoms with Gasteiger partial charge in [-0.3, -0.25) is 0 Å². The van der Waals surface area contributed by atoms with Crippen LogP contribution in [0.3, 0.4) is 0 Å². The van der Waals surface area contributed by atoms with Crippen molar-refractivity contribution >= 4 is 0 Å². The largest absolute Gasteiger partial charge is 0.0701 e. The minimum Gasteiger partial charge on any atom is -0.0701 e. The Balaban J connectivity index is 1.98. The van der Waals surface area contributed by atoms with Crippen LogP contribution in [0.25, 0.3) is 0 Å². The lowest BCUT2D eigenvalue weighted by molar-refractivity contribution is 0.0143. The topological polar surface area (TPSA) is 0 Å². The maximum atomic E-state index is 2.51. The first-order valence-electron chi connectivity index (χ1n) is 8.47. The lowest BCUT2D eigenvalue weighted by Gasteiger charge is -2.50. The third-order valence-electron chi connectivity index (χ3n) is 6.13. The molecule has 0 aliphatic heterocycles. The number of allylic oxidation sites excluding steroid dienone is 2. The summed E-state index contributed by atoms with van der Waals surface area (Å²) in [6.45, 7) is 14.7. The van der Waals surface area contributed by atoms with Crippen molar-refractivity contribution in [2.24, 2.45) is 22.7 Å². The third kappa shape index (κ3) is 3.26. The van der Waals surface area contributed by atoms with Crippen LogP contribution >= 0.6 is 0 Å². The molecule has 2 rings (SSSR count). The molecule has 0 aromatic rings. The normalized spacial score (nSPS) is 27.2. The highest BCUT2D eigenvalue weighted by Crippen LogP contribution is 2.54. The summed E-state index contributed by atoms with van der Waals surface area (Å²) in [7, 11) is 0. The van der Waals surface area contributed by atoms with Gasteiger partial charge in [0.1, 0.15) is 0 Å². The highest BCUT2D eigenvalue weighted by atomic mass is 14.5. The van der Waals surface area contributed by atoms with Gasteiger partial charge >= 0.3 is 0 Å². The summed E-state index contributed by atoms with van der Waals surface area (Å²) >= 11 is 0. The molecule has 0 bridgehead atoms. The molecule has 0 radical (unpaired) electrons. The van der Waals surface area contributed by atoms with Crippen molar-refractivity contribution in [2.75, 3.05) is 0 Å². The minimum atomic E-state index is 0.442. The van der Waals surface area contributed by atoms with Gasteiger partial charge in [-0.15, -0.1) is 0 Å². The van der Waals surface area contributed by atoms with Crippen LogP contribution in [-0.2, 0) is 0 Å². The van der Waals surface area contributed by atoms with Gasteiger partial charge in [0.2, 0.25) is 0 Å². The Morgan fingerprint density at radius 3 is 2.16 bits per heavy atom. The van der Waals surface area contributed by atoms with Crippen molar-refractivity contribution in [2.45, 2.75) is 86.5 Å². The molecule has 0 saturated heterocycles. The first-order chi connectivity index (χ1) is 8.78. The summed E-state index contributed by atoms with van der Waals surface area (Å²) in [4.78, 5) is 0. The van der Waals surface area contributed by atoms with Gasteiger partial charge < -0.3 is 0 Å². The summed E-state index contributed by atoms with van der Waals surface area (Å²) in [5.41, 5.74) is 4.48. The smallest absolute Gasteiger partial charge is 0.0142 e. The molecule has 2 fully saturated rings. The van der Waals surface area contributed by atoms with E-state index < -0.39 is 0 Å². The van der Waals surface area contributed by atoms with Crippen molar-refractivity contribution in [3.05, 3.63) is 11.1 Å². The Kier molecular flexibility index (Phi) is 4.19. The zero-order chi connectivity index (χ0) is 14.3. The van der Waals surface area contributed by atoms with Crippen LogP contribution in [0, 0.1) is 22.7 Å². The summed E-state index contributed by atoms with van der Waals surface area (Å²) in [6, 6.07) is 0. The van der Waals surface area contributed by atoms with E-state index in [1.807, 2.05) is 0 Å². The Morgan fingerprint density at radius 2 is 1.74 bits per heavy atom. The van der Waals surface area contributed by atoms with Crippen LogP contribution in [0.2, 0.25) is 0 Å². The highest BCUT2D eigenvalue weighted by Gasteiger charge is 2.43. The van der Waals surface area contributed by atoms with E-state index in [1.54, 1.807) is 11.1 Å². The van der Waals surface area contributed by atoms with E-state index in [-0.39, 0.29) is 0 Å². The second-order valence-electron chi connectivity index (χ2n) is 8.50. The fourth-order valence-electron chi connectivity index (χ4n) is 4.40. The van der Waals surface area contributed by atoms with E-state index in [0.717, 1.165) is 11.8 Å². The Labute approximate surface area is 121 Å². The van der Waals surface area contributed by atoms with Crippen molar-refractivity contribution in [1.82, 2.24) is 0 Å². The lowest BCUT2D eigenvalue weighted by atomic mass is 9.56. The standard InChI is InChI=1S/C19H34/c1-7-12-18(3,4)17-11-10-16(17)13-19(5,6)14(2)15-8-9-15/h16-17H,7-13H2,1-6H3. The van der Waals surface area contributed by atoms with E-state index in [4.69, 9.17) is 0 Å². The SMILES string of the molecule is CCCC(C)(C)C1CCC1CC(C)(C)C(C)=C1CC1. The van der Waals surface area contributed by atoms with Gasteiger partial charge in [0, 0.05) is 0 Å². The van der Waals surface area contributed by atoms with Crippen molar-refractivity contribution in [3.8, 4) is 0 Å². The molecule has 0 heterocycles. The van der Waals surface area contributed by atoms with Gasteiger partial charge in [-0.2, -0.15) is 0 Å². The van der Waals surface area contributed by atoms with Crippen LogP contribution in [0.4, 0.5) is 0 Å². The van der Waals surface area contributed by atoms with Crippen LogP contribution in [0.5, 0.6) is 0 Å². The maximum Gasteiger partial charge on any atom is -0.0142 e. The van der Waals surface area contributed by atoms with Gasteiger partial charge in [0.05, 0.1) is 0 Å². The zero-order valence-electron chi connectivity index (χ0n) is 14.1. The molecule has 110 valence electrons. The summed E-state index contributed by atoms with van der Waals surface area (Å²) in [6.07, 6.45) is 9.86. The van der Waals surface area contributed by atoms with Crippen LogP contribution < -0.4 is 0 Å². The van der Waals surface area contributed by atoms with Gasteiger partial charge in [-0.25, -0.2) is 0 Å². The molecule has 0 aromatic heterocycles. The Morgan fingerprint density at radius 1 is 1.11 bits per heavy atom. The summed E-state index contributed by atoms with van der Waals surface area (Å²) < 4.78 is 0. The zero-order valence-corrected chi connectivity index (χ0v) is 14.1. The van der Waals surface area contributed by atoms with E-state index in [2.05, 4.69) is 41.5 Å². The van der Waals surface area contributed by atoms with Crippen molar-refractivity contribution in [3.63, 3.8) is 0 Å². The van der Waals surface area contributed by atoms with E-state index in [9.17, 15) is 0 Å². The third-order valence-corrected chi connectivity index (χ3v) is 6.13.